The van der Waals surface area contributed by atoms with Gasteiger partial charge in [-0.25, -0.2) is 4.98 Å². The lowest BCUT2D eigenvalue weighted by Crippen LogP contribution is -2.38. The molecule has 5 aromatic rings. The van der Waals surface area contributed by atoms with Gasteiger partial charge in [0.05, 0.1) is 27.7 Å². The molecular formula is C28H22Cl2N6O3. The quantitative estimate of drug-likeness (QED) is 0.272. The van der Waals surface area contributed by atoms with Crippen molar-refractivity contribution in [3.8, 4) is 22.9 Å². The highest BCUT2D eigenvalue weighted by Gasteiger charge is 2.28. The summed E-state index contributed by atoms with van der Waals surface area (Å²) in [7, 11) is 0. The van der Waals surface area contributed by atoms with Gasteiger partial charge in [-0.1, -0.05) is 23.2 Å². The van der Waals surface area contributed by atoms with Gasteiger partial charge in [0.15, 0.2) is 0 Å². The number of carbonyl (C=O) groups excluding carboxylic acids is 1. The number of aryl methyl sites for hydroxylation is 1. The lowest BCUT2D eigenvalue weighted by Gasteiger charge is -2.29. The number of rotatable bonds is 5. The Bertz CT molecular complexity index is 1700. The van der Waals surface area contributed by atoms with E-state index >= 15 is 0 Å². The van der Waals surface area contributed by atoms with Gasteiger partial charge in [0.2, 0.25) is 5.88 Å². The average molecular weight is 561 g/mol. The van der Waals surface area contributed by atoms with Crippen molar-refractivity contribution >= 4 is 45.7 Å². The highest BCUT2D eigenvalue weighted by molar-refractivity contribution is 6.35. The number of nitrogens with zero attached hydrogens (tertiary/aromatic N) is 5. The zero-order chi connectivity index (χ0) is 27.1. The number of carbonyl (C=O) groups is 1. The van der Waals surface area contributed by atoms with E-state index in [9.17, 15) is 4.79 Å². The molecule has 4 aromatic heterocycles. The Labute approximate surface area is 233 Å². The van der Waals surface area contributed by atoms with E-state index < -0.39 is 6.10 Å². The average Bonchev–Trinajstić information content (AvgIpc) is 3.35. The van der Waals surface area contributed by atoms with Crippen LogP contribution in [0, 0.1) is 6.92 Å². The van der Waals surface area contributed by atoms with Gasteiger partial charge in [0, 0.05) is 47.0 Å². The van der Waals surface area contributed by atoms with Gasteiger partial charge in [-0.3, -0.25) is 24.8 Å². The molecule has 0 fully saturated rings. The highest BCUT2D eigenvalue weighted by atomic mass is 35.5. The lowest BCUT2D eigenvalue weighted by atomic mass is 10.1. The predicted molar refractivity (Wildman–Crippen MR) is 149 cm³/mol. The van der Waals surface area contributed by atoms with Crippen molar-refractivity contribution in [2.24, 2.45) is 0 Å². The van der Waals surface area contributed by atoms with Gasteiger partial charge in [-0.2, -0.15) is 5.10 Å². The Morgan fingerprint density at radius 2 is 1.95 bits per heavy atom. The minimum atomic E-state index is -0.418. The van der Waals surface area contributed by atoms with Crippen LogP contribution in [0.5, 0.6) is 11.6 Å². The molecule has 6 rings (SSSR count). The van der Waals surface area contributed by atoms with Crippen LogP contribution in [0.2, 0.25) is 10.0 Å². The standard InChI is InChI=1S/C28H22Cl2N6O3/c1-15-19(4-3-7-32-15)28(37)36-8-9-38-27-24(36)10-17(12-33-27)26-20-11-18(5-6-23(20)34-35-26)39-16(2)25-21(29)13-31-14-22(25)30/h3-7,10-14,16H,8-9H2,1-2H3,(H,34,35)/t16-/m1/s1. The molecule has 1 aliphatic heterocycles. The molecule has 5 heterocycles. The summed E-state index contributed by atoms with van der Waals surface area (Å²) in [4.78, 5) is 27.9. The number of aromatic amines is 1. The molecule has 39 heavy (non-hydrogen) atoms. The number of amides is 1. The molecule has 0 radical (unpaired) electrons. The topological polar surface area (TPSA) is 106 Å². The normalized spacial score (nSPS) is 13.6. The number of ether oxygens (including phenoxy) is 2. The number of nitrogens with one attached hydrogen (secondary N) is 1. The zero-order valence-corrected chi connectivity index (χ0v) is 22.5. The summed E-state index contributed by atoms with van der Waals surface area (Å²) in [5.41, 5.74) is 4.63. The van der Waals surface area contributed by atoms with Crippen LogP contribution in [0.25, 0.3) is 22.2 Å². The number of pyridine rings is 3. The van der Waals surface area contributed by atoms with E-state index in [0.717, 1.165) is 16.5 Å². The molecule has 196 valence electrons. The fraction of sp³-hybridized carbons (Fsp3) is 0.179. The van der Waals surface area contributed by atoms with E-state index in [1.807, 2.05) is 38.1 Å². The highest BCUT2D eigenvalue weighted by Crippen LogP contribution is 2.38. The van der Waals surface area contributed by atoms with Gasteiger partial charge in [0.1, 0.15) is 29.8 Å². The molecule has 0 saturated carbocycles. The molecule has 1 atom stereocenters. The van der Waals surface area contributed by atoms with E-state index in [2.05, 4.69) is 25.1 Å². The van der Waals surface area contributed by atoms with Crippen LogP contribution in [-0.2, 0) is 0 Å². The Balaban J connectivity index is 1.35. The SMILES string of the molecule is Cc1ncccc1C(=O)N1CCOc2ncc(-c3n[nH]c4ccc(O[C@H](C)c5c(Cl)cncc5Cl)cc34)cc21. The van der Waals surface area contributed by atoms with Gasteiger partial charge in [0.25, 0.3) is 5.91 Å². The molecule has 0 spiro atoms. The largest absolute Gasteiger partial charge is 0.486 e. The molecule has 9 nitrogen and oxygen atoms in total. The van der Waals surface area contributed by atoms with Gasteiger partial charge >= 0.3 is 0 Å². The Morgan fingerprint density at radius 3 is 2.74 bits per heavy atom. The first kappa shape index (κ1) is 25.1. The molecule has 1 aromatic carbocycles. The number of benzene rings is 1. The Hall–Kier alpha value is -4.21. The molecule has 0 saturated heterocycles. The summed E-state index contributed by atoms with van der Waals surface area (Å²) in [5.74, 6) is 0.845. The number of H-pyrrole nitrogens is 1. The predicted octanol–water partition coefficient (Wildman–Crippen LogP) is 6.21. The smallest absolute Gasteiger partial charge is 0.260 e. The van der Waals surface area contributed by atoms with Gasteiger partial charge in [-0.15, -0.1) is 0 Å². The van der Waals surface area contributed by atoms with E-state index in [1.165, 1.54) is 12.4 Å². The van der Waals surface area contributed by atoms with Gasteiger partial charge < -0.3 is 9.47 Å². The third-order valence-electron chi connectivity index (χ3n) is 6.58. The summed E-state index contributed by atoms with van der Waals surface area (Å²) < 4.78 is 12.0. The fourth-order valence-electron chi connectivity index (χ4n) is 4.65. The summed E-state index contributed by atoms with van der Waals surface area (Å²) in [6, 6.07) is 11.0. The minimum Gasteiger partial charge on any atom is -0.486 e. The van der Waals surface area contributed by atoms with Crippen molar-refractivity contribution in [3.05, 3.63) is 88.1 Å². The molecular weight excluding hydrogens is 539 g/mol. The van der Waals surface area contributed by atoms with Crippen molar-refractivity contribution in [1.29, 1.82) is 0 Å². The molecule has 0 aliphatic carbocycles. The molecule has 1 N–H and O–H groups in total. The second-order valence-electron chi connectivity index (χ2n) is 9.05. The second kappa shape index (κ2) is 10.2. The first-order valence-corrected chi connectivity index (χ1v) is 13.0. The van der Waals surface area contributed by atoms with Crippen molar-refractivity contribution in [2.75, 3.05) is 18.1 Å². The maximum Gasteiger partial charge on any atom is 0.260 e. The minimum absolute atomic E-state index is 0.158. The summed E-state index contributed by atoms with van der Waals surface area (Å²) in [6.07, 6.45) is 6.01. The van der Waals surface area contributed by atoms with Crippen LogP contribution < -0.4 is 14.4 Å². The third-order valence-corrected chi connectivity index (χ3v) is 7.18. The summed E-state index contributed by atoms with van der Waals surface area (Å²) in [5, 5.41) is 9.29. The summed E-state index contributed by atoms with van der Waals surface area (Å²) in [6.45, 7) is 4.43. The first-order chi connectivity index (χ1) is 18.9. The lowest BCUT2D eigenvalue weighted by molar-refractivity contribution is 0.0974. The molecule has 1 amide bonds. The van der Waals surface area contributed by atoms with Crippen molar-refractivity contribution < 1.29 is 14.3 Å². The number of aromatic nitrogens is 5. The van der Waals surface area contributed by atoms with Crippen molar-refractivity contribution in [1.82, 2.24) is 25.1 Å². The molecule has 1 aliphatic rings. The first-order valence-electron chi connectivity index (χ1n) is 12.2. The van der Waals surface area contributed by atoms with Crippen LogP contribution >= 0.6 is 23.2 Å². The molecule has 11 heteroatoms. The van der Waals surface area contributed by atoms with Crippen LogP contribution in [0.4, 0.5) is 5.69 Å². The fourth-order valence-corrected chi connectivity index (χ4v) is 5.33. The maximum absolute atomic E-state index is 13.4. The van der Waals surface area contributed by atoms with E-state index in [0.29, 0.717) is 63.0 Å². The Kier molecular flexibility index (Phi) is 6.54. The van der Waals surface area contributed by atoms with Crippen molar-refractivity contribution in [2.45, 2.75) is 20.0 Å². The van der Waals surface area contributed by atoms with E-state index in [-0.39, 0.29) is 5.91 Å². The van der Waals surface area contributed by atoms with Crippen molar-refractivity contribution in [3.63, 3.8) is 0 Å². The second-order valence-corrected chi connectivity index (χ2v) is 9.86. The van der Waals surface area contributed by atoms with E-state index in [4.69, 9.17) is 32.7 Å². The van der Waals surface area contributed by atoms with Crippen LogP contribution in [0.15, 0.2) is 61.2 Å². The van der Waals surface area contributed by atoms with Crippen LogP contribution in [-0.4, -0.2) is 44.2 Å². The number of anilines is 1. The molecule has 0 bridgehead atoms. The Morgan fingerprint density at radius 1 is 1.13 bits per heavy atom. The number of hydrogen-bond acceptors (Lipinski definition) is 7. The number of halogens is 2. The maximum atomic E-state index is 13.4. The van der Waals surface area contributed by atoms with Crippen LogP contribution in [0.1, 0.15) is 34.6 Å². The van der Waals surface area contributed by atoms with Gasteiger partial charge in [-0.05, 0) is 50.2 Å². The number of hydrogen-bond donors (Lipinski definition) is 1. The number of fused-ring (bicyclic) bond motifs is 2. The zero-order valence-electron chi connectivity index (χ0n) is 21.0. The summed E-state index contributed by atoms with van der Waals surface area (Å²) >= 11 is 12.6. The van der Waals surface area contributed by atoms with E-state index in [1.54, 1.807) is 29.4 Å². The third kappa shape index (κ3) is 4.64. The molecule has 0 unspecified atom stereocenters. The monoisotopic (exact) mass is 560 g/mol. The van der Waals surface area contributed by atoms with Crippen LogP contribution in [0.3, 0.4) is 0 Å².